The van der Waals surface area contributed by atoms with Crippen LogP contribution in [0.2, 0.25) is 0 Å². The molecule has 1 amide bonds. The van der Waals surface area contributed by atoms with Crippen molar-refractivity contribution >= 4 is 12.4 Å². The van der Waals surface area contributed by atoms with Crippen LogP contribution in [0.25, 0.3) is 0 Å². The molecule has 1 atom stereocenters. The molecule has 1 aliphatic carbocycles. The number of nitrogens with one attached hydrogen (secondary N) is 1. The standard InChI is InChI=1S/C17H26N2O2.C9H7F3O3/c1-13(12-19(2)10-9-14-3-4-14)11-18-17(21)15-5-7-16(20)8-6-15;10-9(11,12)15-8-4-2-1-3-7(8)5-14-6-13/h5-8,13-14,20H,3-4,9-12H2,1-2H3,(H,18,21);1-4,6H,5H2. The second-order valence-corrected chi connectivity index (χ2v) is 8.92. The number of amides is 1. The highest BCUT2D eigenvalue weighted by molar-refractivity contribution is 5.94. The Hall–Kier alpha value is -3.27. The van der Waals surface area contributed by atoms with Crippen LogP contribution in [0, 0.1) is 11.8 Å². The second kappa shape index (κ2) is 14.3. The van der Waals surface area contributed by atoms with E-state index in [4.69, 9.17) is 0 Å². The van der Waals surface area contributed by atoms with Crippen LogP contribution < -0.4 is 10.1 Å². The van der Waals surface area contributed by atoms with Gasteiger partial charge in [-0.05, 0) is 62.2 Å². The molecule has 0 radical (unpaired) electrons. The van der Waals surface area contributed by atoms with Crippen molar-refractivity contribution in [2.75, 3.05) is 26.7 Å². The summed E-state index contributed by atoms with van der Waals surface area (Å²) in [4.78, 5) is 24.2. The zero-order valence-electron chi connectivity index (χ0n) is 20.5. The van der Waals surface area contributed by atoms with Gasteiger partial charge in [-0.3, -0.25) is 9.59 Å². The van der Waals surface area contributed by atoms with E-state index in [-0.39, 0.29) is 36.0 Å². The number of carbonyl (C=O) groups excluding carboxylic acids is 2. The first-order chi connectivity index (χ1) is 17.1. The predicted molar refractivity (Wildman–Crippen MR) is 128 cm³/mol. The fourth-order valence-corrected chi connectivity index (χ4v) is 3.45. The minimum atomic E-state index is -4.75. The first kappa shape index (κ1) is 29.0. The SMILES string of the molecule is CC(CNC(=O)c1ccc(O)cc1)CN(C)CCC1CC1.O=COCc1ccccc1OC(F)(F)F. The van der Waals surface area contributed by atoms with Gasteiger partial charge in [-0.25, -0.2) is 0 Å². The van der Waals surface area contributed by atoms with E-state index in [1.165, 1.54) is 49.6 Å². The Morgan fingerprint density at radius 1 is 1.19 bits per heavy atom. The first-order valence-electron chi connectivity index (χ1n) is 11.7. The molecule has 1 fully saturated rings. The van der Waals surface area contributed by atoms with Gasteiger partial charge in [0, 0.05) is 24.2 Å². The molecule has 7 nitrogen and oxygen atoms in total. The van der Waals surface area contributed by atoms with Crippen molar-refractivity contribution in [1.29, 1.82) is 0 Å². The summed E-state index contributed by atoms with van der Waals surface area (Å²) in [6, 6.07) is 11.8. The van der Waals surface area contributed by atoms with Crippen molar-refractivity contribution in [1.82, 2.24) is 10.2 Å². The lowest BCUT2D eigenvalue weighted by Crippen LogP contribution is -2.34. The van der Waals surface area contributed by atoms with E-state index < -0.39 is 6.36 Å². The van der Waals surface area contributed by atoms with E-state index in [1.807, 2.05) is 0 Å². The molecule has 0 aromatic heterocycles. The molecule has 1 saturated carbocycles. The molecule has 198 valence electrons. The minimum absolute atomic E-state index is 0.0810. The number of rotatable bonds is 12. The lowest BCUT2D eigenvalue weighted by Gasteiger charge is -2.21. The smallest absolute Gasteiger partial charge is 0.508 e. The highest BCUT2D eigenvalue weighted by atomic mass is 19.4. The van der Waals surface area contributed by atoms with Crippen molar-refractivity contribution in [2.45, 2.75) is 39.2 Å². The van der Waals surface area contributed by atoms with Gasteiger partial charge in [0.25, 0.3) is 12.4 Å². The summed E-state index contributed by atoms with van der Waals surface area (Å²) in [7, 11) is 2.15. The summed E-state index contributed by atoms with van der Waals surface area (Å²) < 4.78 is 43.8. The zero-order valence-corrected chi connectivity index (χ0v) is 20.5. The summed E-state index contributed by atoms with van der Waals surface area (Å²) in [6.45, 7) is 4.89. The molecule has 1 unspecified atom stereocenters. The summed E-state index contributed by atoms with van der Waals surface area (Å²) in [5.41, 5.74) is 0.740. The number of carbonyl (C=O) groups is 2. The molecule has 2 aromatic carbocycles. The van der Waals surface area contributed by atoms with E-state index in [9.17, 15) is 27.9 Å². The Kier molecular flexibility index (Phi) is 11.5. The van der Waals surface area contributed by atoms with Gasteiger partial charge in [0.05, 0.1) is 0 Å². The molecule has 0 aliphatic heterocycles. The minimum Gasteiger partial charge on any atom is -0.508 e. The quantitative estimate of drug-likeness (QED) is 0.401. The van der Waals surface area contributed by atoms with E-state index in [2.05, 4.69) is 33.7 Å². The molecule has 36 heavy (non-hydrogen) atoms. The Labute approximate surface area is 209 Å². The van der Waals surface area contributed by atoms with Gasteiger partial charge < -0.3 is 24.8 Å². The largest absolute Gasteiger partial charge is 0.573 e. The van der Waals surface area contributed by atoms with Gasteiger partial charge in [0.1, 0.15) is 18.1 Å². The average Bonchev–Trinajstić information content (AvgIpc) is 3.65. The number of phenolic OH excluding ortho intramolecular Hbond substituents is 1. The maximum Gasteiger partial charge on any atom is 0.573 e. The Bertz CT molecular complexity index is 949. The van der Waals surface area contributed by atoms with E-state index in [0.29, 0.717) is 18.0 Å². The van der Waals surface area contributed by atoms with Gasteiger partial charge in [-0.2, -0.15) is 0 Å². The van der Waals surface area contributed by atoms with E-state index in [1.54, 1.807) is 12.1 Å². The lowest BCUT2D eigenvalue weighted by molar-refractivity contribution is -0.275. The van der Waals surface area contributed by atoms with Crippen LogP contribution >= 0.6 is 0 Å². The predicted octanol–water partition coefficient (Wildman–Crippen LogP) is 4.75. The third-order valence-electron chi connectivity index (χ3n) is 5.49. The van der Waals surface area contributed by atoms with Crippen molar-refractivity contribution < 1.29 is 37.3 Å². The highest BCUT2D eigenvalue weighted by Gasteiger charge is 2.32. The summed E-state index contributed by atoms with van der Waals surface area (Å²) in [5.74, 6) is 1.12. The number of aromatic hydroxyl groups is 1. The van der Waals surface area contributed by atoms with Crippen LogP contribution in [0.4, 0.5) is 13.2 Å². The average molecular weight is 511 g/mol. The maximum absolute atomic E-state index is 12.0. The van der Waals surface area contributed by atoms with Crippen LogP contribution in [0.3, 0.4) is 0 Å². The maximum atomic E-state index is 12.0. The van der Waals surface area contributed by atoms with Crippen LogP contribution in [0.5, 0.6) is 11.5 Å². The molecule has 0 saturated heterocycles. The highest BCUT2D eigenvalue weighted by Crippen LogP contribution is 2.32. The molecule has 3 rings (SSSR count). The zero-order chi connectivity index (χ0) is 26.6. The number of phenols is 1. The Balaban J connectivity index is 0.000000269. The molecule has 10 heteroatoms. The molecule has 0 bridgehead atoms. The number of ether oxygens (including phenoxy) is 2. The number of hydrogen-bond acceptors (Lipinski definition) is 6. The van der Waals surface area contributed by atoms with Crippen LogP contribution in [-0.2, 0) is 16.1 Å². The van der Waals surface area contributed by atoms with Gasteiger partial charge in [-0.1, -0.05) is 38.0 Å². The molecular weight excluding hydrogens is 477 g/mol. The van der Waals surface area contributed by atoms with Crippen molar-refractivity contribution in [2.24, 2.45) is 11.8 Å². The topological polar surface area (TPSA) is 88.1 Å². The molecular formula is C26H33F3N2O5. The number of alkyl halides is 3. The fourth-order valence-electron chi connectivity index (χ4n) is 3.45. The molecule has 0 heterocycles. The summed E-state index contributed by atoms with van der Waals surface area (Å²) in [6.07, 6.45) is -0.626. The van der Waals surface area contributed by atoms with Crippen LogP contribution in [0.1, 0.15) is 42.1 Å². The van der Waals surface area contributed by atoms with Crippen LogP contribution in [-0.4, -0.2) is 55.4 Å². The Morgan fingerprint density at radius 3 is 2.47 bits per heavy atom. The number of halogens is 3. The lowest BCUT2D eigenvalue weighted by atomic mass is 10.1. The molecule has 2 N–H and O–H groups in total. The monoisotopic (exact) mass is 510 g/mol. The van der Waals surface area contributed by atoms with E-state index in [0.717, 1.165) is 25.1 Å². The number of hydrogen-bond donors (Lipinski definition) is 2. The van der Waals surface area contributed by atoms with Gasteiger partial charge >= 0.3 is 6.36 Å². The third-order valence-corrected chi connectivity index (χ3v) is 5.49. The second-order valence-electron chi connectivity index (χ2n) is 8.92. The molecule has 0 spiro atoms. The summed E-state index contributed by atoms with van der Waals surface area (Å²) in [5, 5.41) is 12.2. The van der Waals surface area contributed by atoms with Gasteiger partial charge in [-0.15, -0.1) is 13.2 Å². The third kappa shape index (κ3) is 11.9. The summed E-state index contributed by atoms with van der Waals surface area (Å²) >= 11 is 0. The van der Waals surface area contributed by atoms with Crippen molar-refractivity contribution in [3.8, 4) is 11.5 Å². The molecule has 2 aromatic rings. The van der Waals surface area contributed by atoms with E-state index >= 15 is 0 Å². The number of benzene rings is 2. The van der Waals surface area contributed by atoms with Gasteiger partial charge in [0.2, 0.25) is 0 Å². The normalized spacial score (nSPS) is 13.8. The number of nitrogens with zero attached hydrogens (tertiary/aromatic N) is 1. The first-order valence-corrected chi connectivity index (χ1v) is 11.7. The van der Waals surface area contributed by atoms with Crippen molar-refractivity contribution in [3.05, 3.63) is 59.7 Å². The fraction of sp³-hybridized carbons (Fsp3) is 0.462. The Morgan fingerprint density at radius 2 is 1.86 bits per heavy atom. The van der Waals surface area contributed by atoms with Crippen molar-refractivity contribution in [3.63, 3.8) is 0 Å². The van der Waals surface area contributed by atoms with Crippen LogP contribution in [0.15, 0.2) is 48.5 Å². The molecule has 1 aliphatic rings. The van der Waals surface area contributed by atoms with Gasteiger partial charge in [0.15, 0.2) is 0 Å². The number of para-hydroxylation sites is 1.